The van der Waals surface area contributed by atoms with Crippen LogP contribution >= 0.6 is 11.3 Å². The minimum atomic E-state index is -4.74. The third kappa shape index (κ3) is 4.42. The van der Waals surface area contributed by atoms with Gasteiger partial charge in [0.1, 0.15) is 5.69 Å². The summed E-state index contributed by atoms with van der Waals surface area (Å²) in [5.41, 5.74) is -1.13. The van der Waals surface area contributed by atoms with Gasteiger partial charge in [0.15, 0.2) is 0 Å². The summed E-state index contributed by atoms with van der Waals surface area (Å²) < 4.78 is 69.4. The zero-order valence-corrected chi connectivity index (χ0v) is 21.8. The van der Waals surface area contributed by atoms with Crippen molar-refractivity contribution in [3.63, 3.8) is 0 Å². The highest BCUT2D eigenvalue weighted by Gasteiger charge is 2.72. The monoisotopic (exact) mass is 553 g/mol. The molecule has 0 spiro atoms. The highest BCUT2D eigenvalue weighted by Crippen LogP contribution is 2.63. The van der Waals surface area contributed by atoms with E-state index in [2.05, 4.69) is 9.97 Å². The molecule has 1 saturated carbocycles. The van der Waals surface area contributed by atoms with Gasteiger partial charge in [-0.2, -0.15) is 21.6 Å². The first-order valence-electron chi connectivity index (χ1n) is 11.2. The second-order valence-corrected chi connectivity index (χ2v) is 12.7. The van der Waals surface area contributed by atoms with Crippen LogP contribution < -0.4 is 0 Å². The van der Waals surface area contributed by atoms with Gasteiger partial charge in [0.2, 0.25) is 11.8 Å². The minimum absolute atomic E-state index is 0.0406. The number of rotatable bonds is 6. The number of aryl methyl sites for hydroxylation is 1. The number of amides is 2. The number of nitrogens with zero attached hydrogens (tertiary/aromatic N) is 3. The van der Waals surface area contributed by atoms with E-state index in [1.165, 1.54) is 29.4 Å². The molecule has 8 nitrogen and oxygen atoms in total. The van der Waals surface area contributed by atoms with Crippen LogP contribution in [-0.2, 0) is 43.2 Å². The Hall–Kier alpha value is -2.90. The lowest BCUT2D eigenvalue weighted by atomic mass is 10.0. The van der Waals surface area contributed by atoms with Crippen LogP contribution in [0.15, 0.2) is 24.4 Å². The van der Waals surface area contributed by atoms with Gasteiger partial charge >= 0.3 is 6.18 Å². The largest absolute Gasteiger partial charge is 0.433 e. The van der Waals surface area contributed by atoms with Gasteiger partial charge in [-0.25, -0.2) is 4.98 Å². The van der Waals surface area contributed by atoms with E-state index in [0.717, 1.165) is 12.3 Å². The standard InChI is InChI=1S/C24H22F3N3O5S2/c1-11-15(10-35-37(4,33)34)14(8-16(29-11)24(25,26)27)19-20-12(5-6-28-19)7-13(36-20)9-30-21(31)17-18(22(30)32)23(17,2)3/h5-8,17-18H,9-10H2,1-4H3. The summed E-state index contributed by atoms with van der Waals surface area (Å²) in [6, 6.07) is 4.28. The van der Waals surface area contributed by atoms with Crippen LogP contribution in [-0.4, -0.2) is 41.4 Å². The van der Waals surface area contributed by atoms with Crippen molar-refractivity contribution in [1.82, 2.24) is 14.9 Å². The number of carbonyl (C=O) groups excluding carboxylic acids is 2. The van der Waals surface area contributed by atoms with Crippen molar-refractivity contribution in [2.24, 2.45) is 17.3 Å². The molecule has 4 heterocycles. The van der Waals surface area contributed by atoms with Gasteiger partial charge in [-0.15, -0.1) is 11.3 Å². The number of thiophene rings is 1. The lowest BCUT2D eigenvalue weighted by molar-refractivity contribution is -0.144. The summed E-state index contributed by atoms with van der Waals surface area (Å²) in [4.78, 5) is 35.4. The molecule has 1 aliphatic heterocycles. The molecule has 0 aromatic carbocycles. The zero-order valence-electron chi connectivity index (χ0n) is 20.2. The van der Waals surface area contributed by atoms with Gasteiger partial charge in [0.25, 0.3) is 10.1 Å². The molecule has 3 aromatic heterocycles. The maximum atomic E-state index is 13.6. The molecule has 13 heteroatoms. The predicted molar refractivity (Wildman–Crippen MR) is 129 cm³/mol. The number of alkyl halides is 3. The van der Waals surface area contributed by atoms with Crippen molar-refractivity contribution in [1.29, 1.82) is 0 Å². The number of hydrogen-bond acceptors (Lipinski definition) is 8. The molecule has 1 saturated heterocycles. The fourth-order valence-corrected chi connectivity index (χ4v) is 6.49. The molecule has 5 rings (SSSR count). The minimum Gasteiger partial charge on any atom is -0.277 e. The maximum Gasteiger partial charge on any atom is 0.433 e. The van der Waals surface area contributed by atoms with E-state index in [4.69, 9.17) is 4.18 Å². The molecule has 2 aliphatic rings. The van der Waals surface area contributed by atoms with Gasteiger partial charge in [0.05, 0.1) is 41.6 Å². The van der Waals surface area contributed by atoms with Crippen LogP contribution in [0.5, 0.6) is 0 Å². The Morgan fingerprint density at radius 2 is 1.81 bits per heavy atom. The van der Waals surface area contributed by atoms with E-state index >= 15 is 0 Å². The third-order valence-corrected chi connectivity index (χ3v) is 8.67. The first kappa shape index (κ1) is 25.7. The summed E-state index contributed by atoms with van der Waals surface area (Å²) in [5.74, 6) is -1.06. The summed E-state index contributed by atoms with van der Waals surface area (Å²) in [6.07, 6.45) is -2.46. The van der Waals surface area contributed by atoms with Gasteiger partial charge in [-0.05, 0) is 35.9 Å². The van der Waals surface area contributed by atoms with Crippen LogP contribution in [0, 0.1) is 24.2 Å². The Balaban J connectivity index is 1.57. The summed E-state index contributed by atoms with van der Waals surface area (Å²) in [5, 5.41) is 0.660. The van der Waals surface area contributed by atoms with E-state index in [1.54, 1.807) is 12.1 Å². The number of carbonyl (C=O) groups is 2. The second kappa shape index (κ2) is 8.30. The molecular weight excluding hydrogens is 531 g/mol. The predicted octanol–water partition coefficient (Wildman–Crippen LogP) is 4.30. The topological polar surface area (TPSA) is 107 Å². The number of halogens is 3. The molecule has 2 unspecified atom stereocenters. The number of imide groups is 1. The Kier molecular flexibility index (Phi) is 5.77. The van der Waals surface area contributed by atoms with Gasteiger partial charge in [-0.3, -0.25) is 23.7 Å². The van der Waals surface area contributed by atoms with Crippen LogP contribution in [0.1, 0.15) is 35.7 Å². The van der Waals surface area contributed by atoms with Crippen molar-refractivity contribution in [2.45, 2.75) is 40.1 Å². The fraction of sp³-hybridized carbons (Fsp3) is 0.417. The first-order chi connectivity index (χ1) is 17.1. The third-order valence-electron chi connectivity index (χ3n) is 6.98. The van der Waals surface area contributed by atoms with Crippen molar-refractivity contribution >= 4 is 43.4 Å². The lowest BCUT2D eigenvalue weighted by Crippen LogP contribution is -2.35. The molecule has 0 radical (unpaired) electrons. The molecule has 0 N–H and O–H groups in total. The SMILES string of the molecule is Cc1nc(C(F)(F)F)cc(-c2nccc3cc(CN4C(=O)C5C(C4=O)C5(C)C)sc23)c1COS(C)(=O)=O. The number of likely N-dealkylation sites (tertiary alicyclic amines) is 1. The van der Waals surface area contributed by atoms with Crippen LogP contribution in [0.2, 0.25) is 0 Å². The highest BCUT2D eigenvalue weighted by atomic mass is 32.2. The lowest BCUT2D eigenvalue weighted by Gasteiger charge is -2.19. The van der Waals surface area contributed by atoms with E-state index < -0.39 is 28.6 Å². The van der Waals surface area contributed by atoms with Crippen molar-refractivity contribution in [3.05, 3.63) is 46.2 Å². The van der Waals surface area contributed by atoms with E-state index in [9.17, 15) is 31.2 Å². The van der Waals surface area contributed by atoms with Crippen molar-refractivity contribution < 1.29 is 35.4 Å². The number of fused-ring (bicyclic) bond motifs is 2. The molecule has 2 fully saturated rings. The fourth-order valence-electron chi connectivity index (χ4n) is 5.01. The Morgan fingerprint density at radius 3 is 2.41 bits per heavy atom. The van der Waals surface area contributed by atoms with Crippen molar-refractivity contribution in [3.8, 4) is 11.3 Å². The average molecular weight is 554 g/mol. The normalized spacial score (nSPS) is 21.1. The number of hydrogen-bond donors (Lipinski definition) is 0. The van der Waals surface area contributed by atoms with Crippen molar-refractivity contribution in [2.75, 3.05) is 6.26 Å². The van der Waals surface area contributed by atoms with Gasteiger partial charge < -0.3 is 0 Å². The van der Waals surface area contributed by atoms with Crippen LogP contribution in [0.3, 0.4) is 0 Å². The number of piperidine rings is 1. The molecule has 2 atom stereocenters. The van der Waals surface area contributed by atoms with Gasteiger partial charge in [-0.1, -0.05) is 13.8 Å². The van der Waals surface area contributed by atoms with E-state index in [1.807, 2.05) is 13.8 Å². The Labute approximate surface area is 214 Å². The molecular formula is C24H22F3N3O5S2. The smallest absolute Gasteiger partial charge is 0.277 e. The van der Waals surface area contributed by atoms with E-state index in [0.29, 0.717) is 15.0 Å². The summed E-state index contributed by atoms with van der Waals surface area (Å²) in [6.45, 7) is 4.67. The highest BCUT2D eigenvalue weighted by molar-refractivity contribution is 7.85. The average Bonchev–Trinajstić information content (AvgIpc) is 3.02. The van der Waals surface area contributed by atoms with Crippen LogP contribution in [0.4, 0.5) is 13.2 Å². The summed E-state index contributed by atoms with van der Waals surface area (Å²) in [7, 11) is -3.89. The summed E-state index contributed by atoms with van der Waals surface area (Å²) >= 11 is 1.21. The molecule has 1 aliphatic carbocycles. The second-order valence-electron chi connectivity index (χ2n) is 9.91. The Bertz CT molecular complexity index is 1560. The van der Waals surface area contributed by atoms with Crippen LogP contribution in [0.25, 0.3) is 21.3 Å². The van der Waals surface area contributed by atoms with E-state index in [-0.39, 0.29) is 58.1 Å². The maximum absolute atomic E-state index is 13.6. The molecule has 2 amide bonds. The number of aromatic nitrogens is 2. The van der Waals surface area contributed by atoms with Gasteiger partial charge in [0, 0.05) is 27.9 Å². The Morgan fingerprint density at radius 1 is 1.16 bits per heavy atom. The first-order valence-corrected chi connectivity index (χ1v) is 13.9. The number of pyridine rings is 2. The zero-order chi connectivity index (χ0) is 27.1. The molecule has 196 valence electrons. The molecule has 0 bridgehead atoms. The molecule has 3 aromatic rings. The quantitative estimate of drug-likeness (QED) is 0.331. The molecule has 37 heavy (non-hydrogen) atoms.